The molecule has 1 rings (SSSR count). The molecule has 13 heavy (non-hydrogen) atoms. The van der Waals surface area contributed by atoms with Crippen LogP contribution in [0.4, 0.5) is 4.79 Å². The van der Waals surface area contributed by atoms with Gasteiger partial charge >= 0.3 is 16.4 Å². The fourth-order valence-corrected chi connectivity index (χ4v) is 1.68. The lowest BCUT2D eigenvalue weighted by atomic mass is 10.3. The van der Waals surface area contributed by atoms with Gasteiger partial charge in [0.15, 0.2) is 0 Å². The van der Waals surface area contributed by atoms with Crippen molar-refractivity contribution in [2.45, 2.75) is 12.5 Å². The average Bonchev–Trinajstić information content (AvgIpc) is 2.31. The number of primary amides is 1. The molecule has 1 fully saturated rings. The van der Waals surface area contributed by atoms with Crippen LogP contribution in [0.5, 0.6) is 0 Å². The molecule has 1 aliphatic rings. The molecule has 0 spiro atoms. The van der Waals surface area contributed by atoms with Crippen LogP contribution < -0.4 is 5.73 Å². The maximum Gasteiger partial charge on any atom is 0.397 e. The highest BCUT2D eigenvalue weighted by Crippen LogP contribution is 2.13. The van der Waals surface area contributed by atoms with E-state index in [0.717, 1.165) is 0 Å². The maximum absolute atomic E-state index is 10.6. The van der Waals surface area contributed by atoms with Crippen molar-refractivity contribution in [2.75, 3.05) is 13.1 Å². The summed E-state index contributed by atoms with van der Waals surface area (Å²) in [6.07, 6.45) is -0.342. The average molecular weight is 210 g/mol. The Labute approximate surface area is 75.4 Å². The minimum atomic E-state index is -4.44. The largest absolute Gasteiger partial charge is 0.397 e. The van der Waals surface area contributed by atoms with Gasteiger partial charge in [-0.2, -0.15) is 8.42 Å². The normalized spacial score (nSPS) is 23.5. The van der Waals surface area contributed by atoms with Crippen LogP contribution in [0.1, 0.15) is 6.42 Å². The van der Waals surface area contributed by atoms with Gasteiger partial charge in [-0.05, 0) is 6.42 Å². The lowest BCUT2D eigenvalue weighted by Crippen LogP contribution is -2.34. The molecular weight excluding hydrogens is 200 g/mol. The molecule has 76 valence electrons. The molecule has 8 heteroatoms. The molecule has 7 nitrogen and oxygen atoms in total. The van der Waals surface area contributed by atoms with E-state index in [2.05, 4.69) is 4.18 Å². The van der Waals surface area contributed by atoms with E-state index in [1.54, 1.807) is 0 Å². The number of rotatable bonds is 2. The third-order valence-corrected chi connectivity index (χ3v) is 2.23. The number of likely N-dealkylation sites (tertiary alicyclic amines) is 1. The molecule has 0 aliphatic carbocycles. The van der Waals surface area contributed by atoms with Crippen LogP contribution in [-0.4, -0.2) is 43.1 Å². The van der Waals surface area contributed by atoms with Crippen LogP contribution in [0.2, 0.25) is 0 Å². The second-order valence-corrected chi connectivity index (χ2v) is 3.77. The summed E-state index contributed by atoms with van der Waals surface area (Å²) in [5.41, 5.74) is 4.94. The number of urea groups is 1. The first kappa shape index (κ1) is 10.2. The molecule has 0 radical (unpaired) electrons. The third-order valence-electron chi connectivity index (χ3n) is 1.71. The van der Waals surface area contributed by atoms with Crippen molar-refractivity contribution in [3.05, 3.63) is 0 Å². The fourth-order valence-electron chi connectivity index (χ4n) is 1.18. The summed E-state index contributed by atoms with van der Waals surface area (Å²) < 4.78 is 33.1. The molecule has 1 unspecified atom stereocenters. The zero-order chi connectivity index (χ0) is 10.1. The van der Waals surface area contributed by atoms with E-state index in [1.807, 2.05) is 0 Å². The van der Waals surface area contributed by atoms with Crippen LogP contribution >= 0.6 is 0 Å². The van der Waals surface area contributed by atoms with Gasteiger partial charge in [-0.3, -0.25) is 4.55 Å². The Balaban J connectivity index is 2.47. The highest BCUT2D eigenvalue weighted by molar-refractivity contribution is 7.80. The summed E-state index contributed by atoms with van der Waals surface area (Å²) in [6.45, 7) is 0.435. The maximum atomic E-state index is 10.6. The van der Waals surface area contributed by atoms with Crippen LogP contribution in [-0.2, 0) is 14.6 Å². The van der Waals surface area contributed by atoms with E-state index in [4.69, 9.17) is 10.3 Å². The van der Waals surface area contributed by atoms with Crippen molar-refractivity contribution in [1.29, 1.82) is 0 Å². The number of nitrogens with two attached hydrogens (primary N) is 1. The van der Waals surface area contributed by atoms with Gasteiger partial charge in [-0.25, -0.2) is 8.98 Å². The quantitative estimate of drug-likeness (QED) is 0.565. The van der Waals surface area contributed by atoms with E-state index < -0.39 is 22.5 Å². The zero-order valence-electron chi connectivity index (χ0n) is 6.71. The number of nitrogens with zero attached hydrogens (tertiary/aromatic N) is 1. The van der Waals surface area contributed by atoms with Crippen molar-refractivity contribution in [3.63, 3.8) is 0 Å². The van der Waals surface area contributed by atoms with Crippen molar-refractivity contribution in [3.8, 4) is 0 Å². The summed E-state index contributed by atoms with van der Waals surface area (Å²) in [5, 5.41) is 0. The van der Waals surface area contributed by atoms with Crippen molar-refractivity contribution in [1.82, 2.24) is 4.90 Å². The van der Waals surface area contributed by atoms with E-state index in [-0.39, 0.29) is 6.54 Å². The monoisotopic (exact) mass is 210 g/mol. The number of amides is 2. The molecule has 0 bridgehead atoms. The smallest absolute Gasteiger partial charge is 0.351 e. The standard InChI is InChI=1S/C5H10N2O5S/c6-5(8)7-2-1-4(3-7)12-13(9,10)11/h4H,1-3H2,(H2,6,8)(H,9,10,11). The number of hydrogen-bond acceptors (Lipinski definition) is 4. The van der Waals surface area contributed by atoms with E-state index in [1.165, 1.54) is 4.90 Å². The number of carbonyl (C=O) groups excluding carboxylic acids is 1. The lowest BCUT2D eigenvalue weighted by Gasteiger charge is -2.11. The minimum Gasteiger partial charge on any atom is -0.351 e. The predicted octanol–water partition coefficient (Wildman–Crippen LogP) is -1.04. The second-order valence-electron chi connectivity index (χ2n) is 2.72. The zero-order valence-corrected chi connectivity index (χ0v) is 7.53. The minimum absolute atomic E-state index is 0.0924. The Morgan fingerprint density at radius 2 is 2.23 bits per heavy atom. The van der Waals surface area contributed by atoms with Crippen molar-refractivity contribution in [2.24, 2.45) is 5.73 Å². The highest BCUT2D eigenvalue weighted by atomic mass is 32.3. The highest BCUT2D eigenvalue weighted by Gasteiger charge is 2.28. The van der Waals surface area contributed by atoms with Crippen LogP contribution in [0, 0.1) is 0 Å². The molecule has 0 aromatic carbocycles. The summed E-state index contributed by atoms with van der Waals surface area (Å²) in [6, 6.07) is -0.624. The summed E-state index contributed by atoms with van der Waals surface area (Å²) >= 11 is 0. The molecule has 2 amide bonds. The Morgan fingerprint density at radius 3 is 2.62 bits per heavy atom. The second kappa shape index (κ2) is 3.48. The number of hydrogen-bond donors (Lipinski definition) is 2. The molecule has 1 saturated heterocycles. The van der Waals surface area contributed by atoms with Crippen molar-refractivity contribution >= 4 is 16.4 Å². The number of carbonyl (C=O) groups is 1. The topological polar surface area (TPSA) is 110 Å². The van der Waals surface area contributed by atoms with Crippen molar-refractivity contribution < 1.29 is 21.9 Å². The molecule has 1 heterocycles. The first-order valence-electron chi connectivity index (χ1n) is 3.58. The van der Waals surface area contributed by atoms with Gasteiger partial charge < -0.3 is 10.6 Å². The van der Waals surface area contributed by atoms with Gasteiger partial charge in [-0.15, -0.1) is 0 Å². The molecule has 3 N–H and O–H groups in total. The molecule has 0 aromatic rings. The van der Waals surface area contributed by atoms with Gasteiger partial charge in [0.05, 0.1) is 12.6 Å². The van der Waals surface area contributed by atoms with Crippen LogP contribution in [0.25, 0.3) is 0 Å². The van der Waals surface area contributed by atoms with E-state index in [0.29, 0.717) is 13.0 Å². The molecular formula is C5H10N2O5S. The Hall–Kier alpha value is -0.860. The molecule has 1 aliphatic heterocycles. The van der Waals surface area contributed by atoms with Gasteiger partial charge in [0.25, 0.3) is 0 Å². The third kappa shape index (κ3) is 3.17. The lowest BCUT2D eigenvalue weighted by molar-refractivity contribution is 0.179. The molecule has 1 atom stereocenters. The van der Waals surface area contributed by atoms with Crippen LogP contribution in [0.15, 0.2) is 0 Å². The van der Waals surface area contributed by atoms with Gasteiger partial charge in [-0.1, -0.05) is 0 Å². The molecule has 0 aromatic heterocycles. The summed E-state index contributed by atoms with van der Waals surface area (Å²) in [7, 11) is -4.44. The Kier molecular flexibility index (Phi) is 2.74. The predicted molar refractivity (Wildman–Crippen MR) is 42.2 cm³/mol. The Morgan fingerprint density at radius 1 is 1.62 bits per heavy atom. The molecule has 0 saturated carbocycles. The van der Waals surface area contributed by atoms with Crippen LogP contribution in [0.3, 0.4) is 0 Å². The first-order chi connectivity index (χ1) is 5.88. The van der Waals surface area contributed by atoms with Gasteiger partial charge in [0.1, 0.15) is 0 Å². The fraction of sp³-hybridized carbons (Fsp3) is 0.800. The van der Waals surface area contributed by atoms with Gasteiger partial charge in [0, 0.05) is 6.54 Å². The van der Waals surface area contributed by atoms with E-state index >= 15 is 0 Å². The first-order valence-corrected chi connectivity index (χ1v) is 4.95. The van der Waals surface area contributed by atoms with Gasteiger partial charge in [0.2, 0.25) is 0 Å². The summed E-state index contributed by atoms with van der Waals surface area (Å²) in [5.74, 6) is 0. The van der Waals surface area contributed by atoms with E-state index in [9.17, 15) is 13.2 Å². The summed E-state index contributed by atoms with van der Waals surface area (Å²) in [4.78, 5) is 11.8. The Bertz CT molecular complexity index is 300. The SMILES string of the molecule is NC(=O)N1CCC(OS(=O)(=O)O)C1.